The van der Waals surface area contributed by atoms with Gasteiger partial charge in [-0.15, -0.1) is 23.1 Å². The molecule has 2 heterocycles. The first-order chi connectivity index (χ1) is 11.3. The zero-order valence-electron chi connectivity index (χ0n) is 12.4. The van der Waals surface area contributed by atoms with Crippen molar-refractivity contribution in [2.24, 2.45) is 0 Å². The topological polar surface area (TPSA) is 52.1 Å². The Morgan fingerprint density at radius 2 is 2.04 bits per heavy atom. The summed E-state index contributed by atoms with van der Waals surface area (Å²) in [6.45, 7) is 0. The molecule has 6 heteroatoms. The van der Waals surface area contributed by atoms with Crippen LogP contribution in [0.15, 0.2) is 59.1 Å². The number of esters is 1. The molecule has 3 aromatic rings. The van der Waals surface area contributed by atoms with E-state index in [1.54, 1.807) is 41.4 Å². The van der Waals surface area contributed by atoms with Crippen molar-refractivity contribution < 1.29 is 9.53 Å². The van der Waals surface area contributed by atoms with Crippen molar-refractivity contribution in [1.82, 2.24) is 9.97 Å². The molecule has 0 aliphatic carbocycles. The average molecular weight is 342 g/mol. The van der Waals surface area contributed by atoms with Crippen molar-refractivity contribution in [1.29, 1.82) is 0 Å². The van der Waals surface area contributed by atoms with E-state index < -0.39 is 0 Å². The van der Waals surface area contributed by atoms with Gasteiger partial charge in [-0.3, -0.25) is 0 Å². The highest BCUT2D eigenvalue weighted by Crippen LogP contribution is 2.27. The van der Waals surface area contributed by atoms with Crippen LogP contribution in [0.2, 0.25) is 0 Å². The van der Waals surface area contributed by atoms with Gasteiger partial charge in [0, 0.05) is 22.9 Å². The molecule has 0 aliphatic heterocycles. The van der Waals surface area contributed by atoms with Crippen LogP contribution in [0.1, 0.15) is 16.1 Å². The first-order valence-corrected chi connectivity index (χ1v) is 8.80. The zero-order chi connectivity index (χ0) is 16.1. The molecule has 0 atom stereocenters. The van der Waals surface area contributed by atoms with Crippen LogP contribution in [-0.4, -0.2) is 23.0 Å². The summed E-state index contributed by atoms with van der Waals surface area (Å²) in [5, 5.41) is 3.99. The van der Waals surface area contributed by atoms with Crippen LogP contribution in [0.25, 0.3) is 10.6 Å². The van der Waals surface area contributed by atoms with Gasteiger partial charge in [0.25, 0.3) is 0 Å². The molecular weight excluding hydrogens is 328 g/mol. The van der Waals surface area contributed by atoms with Crippen molar-refractivity contribution in [2.75, 3.05) is 7.11 Å². The van der Waals surface area contributed by atoms with Gasteiger partial charge in [0.1, 0.15) is 5.01 Å². The lowest BCUT2D eigenvalue weighted by molar-refractivity contribution is 0.0601. The molecule has 4 nitrogen and oxygen atoms in total. The highest BCUT2D eigenvalue weighted by molar-refractivity contribution is 7.98. The van der Waals surface area contributed by atoms with E-state index in [2.05, 4.69) is 15.3 Å². The van der Waals surface area contributed by atoms with Gasteiger partial charge in [-0.25, -0.2) is 14.8 Å². The second-order valence-corrected chi connectivity index (χ2v) is 6.52. The Balaban J connectivity index is 1.68. The first kappa shape index (κ1) is 15.7. The third-order valence-electron chi connectivity index (χ3n) is 3.11. The molecule has 3 rings (SSSR count). The minimum absolute atomic E-state index is 0.330. The number of pyridine rings is 1. The Morgan fingerprint density at radius 1 is 1.22 bits per heavy atom. The summed E-state index contributed by atoms with van der Waals surface area (Å²) in [7, 11) is 1.38. The fourth-order valence-electron chi connectivity index (χ4n) is 1.95. The molecule has 0 unspecified atom stereocenters. The fraction of sp³-hybridized carbons (Fsp3) is 0.118. The predicted molar refractivity (Wildman–Crippen MR) is 92.7 cm³/mol. The number of thioether (sulfide) groups is 1. The third-order valence-corrected chi connectivity index (χ3v) is 5.03. The van der Waals surface area contributed by atoms with E-state index >= 15 is 0 Å². The first-order valence-electron chi connectivity index (χ1n) is 6.93. The standard InChI is InChI=1S/C17H14N2O2S2/c1-21-17(20)13-7-5-12(6-8-13)16-19-14(11-23-16)10-22-15-4-2-3-9-18-15/h2-9,11H,10H2,1H3. The van der Waals surface area contributed by atoms with Crippen molar-refractivity contribution in [3.63, 3.8) is 0 Å². The van der Waals surface area contributed by atoms with Crippen molar-refractivity contribution in [3.8, 4) is 10.6 Å². The van der Waals surface area contributed by atoms with Crippen LogP contribution in [0, 0.1) is 0 Å². The summed E-state index contributed by atoms with van der Waals surface area (Å²) in [6, 6.07) is 13.2. The number of aromatic nitrogens is 2. The van der Waals surface area contributed by atoms with E-state index in [9.17, 15) is 4.79 Å². The molecule has 0 saturated carbocycles. The lowest BCUT2D eigenvalue weighted by Gasteiger charge is -2.00. The Kier molecular flexibility index (Phi) is 5.05. The molecule has 0 N–H and O–H groups in total. The Labute approximate surface area is 142 Å². The number of hydrogen-bond donors (Lipinski definition) is 0. The van der Waals surface area contributed by atoms with Gasteiger partial charge in [0.15, 0.2) is 0 Å². The Morgan fingerprint density at radius 3 is 2.74 bits per heavy atom. The monoisotopic (exact) mass is 342 g/mol. The van der Waals surface area contributed by atoms with Gasteiger partial charge in [-0.2, -0.15) is 0 Å². The highest BCUT2D eigenvalue weighted by atomic mass is 32.2. The molecule has 1 aromatic carbocycles. The molecule has 0 saturated heterocycles. The van der Waals surface area contributed by atoms with Gasteiger partial charge in [0.05, 0.1) is 23.4 Å². The minimum Gasteiger partial charge on any atom is -0.465 e. The van der Waals surface area contributed by atoms with E-state index in [0.29, 0.717) is 5.56 Å². The number of ether oxygens (including phenoxy) is 1. The summed E-state index contributed by atoms with van der Waals surface area (Å²) >= 11 is 3.26. The van der Waals surface area contributed by atoms with Crippen molar-refractivity contribution in [3.05, 3.63) is 65.3 Å². The highest BCUT2D eigenvalue weighted by Gasteiger charge is 2.08. The molecule has 0 bridgehead atoms. The average Bonchev–Trinajstić information content (AvgIpc) is 3.09. The molecule has 116 valence electrons. The third kappa shape index (κ3) is 3.97. The summed E-state index contributed by atoms with van der Waals surface area (Å²) in [6.07, 6.45) is 1.79. The quantitative estimate of drug-likeness (QED) is 0.511. The number of nitrogens with zero attached hydrogens (tertiary/aromatic N) is 2. The maximum atomic E-state index is 11.4. The Bertz CT molecular complexity index is 786. The summed E-state index contributed by atoms with van der Waals surface area (Å²) in [5.74, 6) is 0.455. The zero-order valence-corrected chi connectivity index (χ0v) is 14.1. The van der Waals surface area contributed by atoms with Crippen molar-refractivity contribution >= 4 is 29.1 Å². The molecule has 0 spiro atoms. The van der Waals surface area contributed by atoms with Crippen molar-refractivity contribution in [2.45, 2.75) is 10.8 Å². The lowest BCUT2D eigenvalue weighted by atomic mass is 10.1. The second-order valence-electron chi connectivity index (χ2n) is 4.67. The fourth-order valence-corrected chi connectivity index (χ4v) is 3.64. The second kappa shape index (κ2) is 7.39. The molecule has 0 fully saturated rings. The van der Waals surface area contributed by atoms with Crippen LogP contribution < -0.4 is 0 Å². The molecule has 0 radical (unpaired) electrons. The van der Waals surface area contributed by atoms with Crippen LogP contribution >= 0.6 is 23.1 Å². The summed E-state index contributed by atoms with van der Waals surface area (Å²) in [5.41, 5.74) is 2.56. The number of benzene rings is 1. The van der Waals surface area contributed by atoms with E-state index in [1.807, 2.05) is 30.3 Å². The SMILES string of the molecule is COC(=O)c1ccc(-c2nc(CSc3ccccn3)cs2)cc1. The van der Waals surface area contributed by atoms with Gasteiger partial charge >= 0.3 is 5.97 Å². The van der Waals surface area contributed by atoms with Crippen LogP contribution in [0.5, 0.6) is 0 Å². The number of rotatable bonds is 5. The maximum Gasteiger partial charge on any atom is 0.337 e. The van der Waals surface area contributed by atoms with Gasteiger partial charge in [-0.05, 0) is 24.3 Å². The summed E-state index contributed by atoms with van der Waals surface area (Å²) < 4.78 is 4.70. The number of carbonyl (C=O) groups is 1. The van der Waals surface area contributed by atoms with Crippen LogP contribution in [-0.2, 0) is 10.5 Å². The normalized spacial score (nSPS) is 10.5. The minimum atomic E-state index is -0.330. The van der Waals surface area contributed by atoms with Crippen LogP contribution in [0.3, 0.4) is 0 Å². The van der Waals surface area contributed by atoms with E-state index in [-0.39, 0.29) is 5.97 Å². The van der Waals surface area contributed by atoms with Crippen LogP contribution in [0.4, 0.5) is 0 Å². The largest absolute Gasteiger partial charge is 0.465 e. The van der Waals surface area contributed by atoms with E-state index in [0.717, 1.165) is 27.0 Å². The molecule has 2 aromatic heterocycles. The number of thiazole rings is 1. The van der Waals surface area contributed by atoms with E-state index in [1.165, 1.54) is 7.11 Å². The molecule has 23 heavy (non-hydrogen) atoms. The lowest BCUT2D eigenvalue weighted by Crippen LogP contribution is -2.00. The molecule has 0 aliphatic rings. The summed E-state index contributed by atoms with van der Waals surface area (Å²) in [4.78, 5) is 20.4. The number of carbonyl (C=O) groups excluding carboxylic acids is 1. The van der Waals surface area contributed by atoms with Gasteiger partial charge < -0.3 is 4.74 Å². The van der Waals surface area contributed by atoms with Gasteiger partial charge in [-0.1, -0.05) is 18.2 Å². The molecule has 0 amide bonds. The van der Waals surface area contributed by atoms with Gasteiger partial charge in [0.2, 0.25) is 0 Å². The smallest absolute Gasteiger partial charge is 0.337 e. The number of hydrogen-bond acceptors (Lipinski definition) is 6. The Hall–Kier alpha value is -2.18. The maximum absolute atomic E-state index is 11.4. The molecular formula is C17H14N2O2S2. The number of methoxy groups -OCH3 is 1. The van der Waals surface area contributed by atoms with E-state index in [4.69, 9.17) is 4.74 Å². The predicted octanol–water partition coefficient (Wildman–Crippen LogP) is 4.28.